The molecule has 1 aliphatic carbocycles. The number of amides is 3. The van der Waals surface area contributed by atoms with Crippen molar-refractivity contribution in [2.75, 3.05) is 22.1 Å². The number of carbonyl (C=O) groups excluding carboxylic acids is 3. The highest BCUT2D eigenvalue weighted by molar-refractivity contribution is 6.05. The second kappa shape index (κ2) is 8.90. The molecule has 1 heterocycles. The van der Waals surface area contributed by atoms with Crippen molar-refractivity contribution < 1.29 is 14.4 Å². The maximum atomic E-state index is 12.7. The lowest BCUT2D eigenvalue weighted by Crippen LogP contribution is -2.28. The number of hydrogen-bond donors (Lipinski definition) is 2. The highest BCUT2D eigenvalue weighted by atomic mass is 16.2. The Labute approximate surface area is 192 Å². The van der Waals surface area contributed by atoms with Gasteiger partial charge >= 0.3 is 0 Å². The Morgan fingerprint density at radius 2 is 1.55 bits per heavy atom. The molecule has 0 radical (unpaired) electrons. The Morgan fingerprint density at radius 1 is 0.818 bits per heavy atom. The molecule has 3 aromatic rings. The summed E-state index contributed by atoms with van der Waals surface area (Å²) in [4.78, 5) is 39.4. The fourth-order valence-corrected chi connectivity index (χ4v) is 4.54. The number of aryl methyl sites for hydroxylation is 2. The molecule has 3 amide bonds. The van der Waals surface area contributed by atoms with E-state index < -0.39 is 5.92 Å². The predicted molar refractivity (Wildman–Crippen MR) is 128 cm³/mol. The average Bonchev–Trinajstić information content (AvgIpc) is 3.46. The number of nitrogens with one attached hydrogen (secondary N) is 2. The van der Waals surface area contributed by atoms with E-state index in [4.69, 9.17) is 0 Å². The van der Waals surface area contributed by atoms with Crippen molar-refractivity contribution >= 4 is 34.8 Å². The quantitative estimate of drug-likeness (QED) is 0.618. The fourth-order valence-electron chi connectivity index (χ4n) is 4.54. The van der Waals surface area contributed by atoms with Gasteiger partial charge in [0.05, 0.1) is 5.92 Å². The minimum absolute atomic E-state index is 0.0556. The molecule has 0 saturated carbocycles. The smallest absolute Gasteiger partial charge is 0.255 e. The van der Waals surface area contributed by atoms with Crippen molar-refractivity contribution in [2.24, 2.45) is 5.92 Å². The van der Waals surface area contributed by atoms with Crippen LogP contribution in [0.1, 0.15) is 34.3 Å². The number of fused-ring (bicyclic) bond motifs is 1. The van der Waals surface area contributed by atoms with Gasteiger partial charge in [-0.3, -0.25) is 14.4 Å². The Balaban J connectivity index is 1.19. The molecule has 1 atom stereocenters. The molecule has 0 aromatic heterocycles. The van der Waals surface area contributed by atoms with Gasteiger partial charge in [-0.15, -0.1) is 0 Å². The molecule has 6 nitrogen and oxygen atoms in total. The molecule has 166 valence electrons. The van der Waals surface area contributed by atoms with E-state index >= 15 is 0 Å². The van der Waals surface area contributed by atoms with Gasteiger partial charge in [-0.1, -0.05) is 24.3 Å². The second-order valence-electron chi connectivity index (χ2n) is 8.60. The van der Waals surface area contributed by atoms with Crippen LogP contribution in [0.3, 0.4) is 0 Å². The Kier molecular flexibility index (Phi) is 5.65. The van der Waals surface area contributed by atoms with Gasteiger partial charge < -0.3 is 15.5 Å². The highest BCUT2D eigenvalue weighted by Crippen LogP contribution is 2.27. The standard InChI is InChI=1S/C27H25N3O3/c31-25-16-21(17-30(25)24-7-2-1-3-8-24)27(33)28-22-12-10-19(11-13-22)26(32)29-23-14-9-18-5-4-6-20(18)15-23/h1-3,7-15,21H,4-6,16-17H2,(H,28,33)(H,29,32). The lowest BCUT2D eigenvalue weighted by molar-refractivity contribution is -0.122. The normalized spacial score (nSPS) is 17.0. The second-order valence-corrected chi connectivity index (χ2v) is 8.60. The summed E-state index contributed by atoms with van der Waals surface area (Å²) >= 11 is 0. The molecule has 0 spiro atoms. The molecule has 2 N–H and O–H groups in total. The Morgan fingerprint density at radius 3 is 2.33 bits per heavy atom. The monoisotopic (exact) mass is 439 g/mol. The summed E-state index contributed by atoms with van der Waals surface area (Å²) in [7, 11) is 0. The van der Waals surface area contributed by atoms with Crippen LogP contribution in [0.2, 0.25) is 0 Å². The number of rotatable bonds is 5. The first-order chi connectivity index (χ1) is 16.1. The summed E-state index contributed by atoms with van der Waals surface area (Å²) in [6.45, 7) is 0.357. The predicted octanol–water partition coefficient (Wildman–Crippen LogP) is 4.42. The third-order valence-electron chi connectivity index (χ3n) is 6.33. The van der Waals surface area contributed by atoms with E-state index in [1.807, 2.05) is 36.4 Å². The van der Waals surface area contributed by atoms with Gasteiger partial charge in [-0.05, 0) is 78.9 Å². The summed E-state index contributed by atoms with van der Waals surface area (Å²) < 4.78 is 0. The average molecular weight is 440 g/mol. The fraction of sp³-hybridized carbons (Fsp3) is 0.222. The molecule has 2 aliphatic rings. The first-order valence-electron chi connectivity index (χ1n) is 11.3. The van der Waals surface area contributed by atoms with E-state index in [1.165, 1.54) is 17.5 Å². The van der Waals surface area contributed by atoms with Crippen LogP contribution in [0, 0.1) is 5.92 Å². The molecular formula is C27H25N3O3. The molecule has 5 rings (SSSR count). The van der Waals surface area contributed by atoms with Crippen molar-refractivity contribution in [2.45, 2.75) is 25.7 Å². The zero-order chi connectivity index (χ0) is 22.8. The van der Waals surface area contributed by atoms with E-state index in [0.29, 0.717) is 17.8 Å². The highest BCUT2D eigenvalue weighted by Gasteiger charge is 2.35. The summed E-state index contributed by atoms with van der Waals surface area (Å²) in [6, 6.07) is 22.2. The van der Waals surface area contributed by atoms with Gasteiger partial charge in [0.2, 0.25) is 11.8 Å². The van der Waals surface area contributed by atoms with Gasteiger partial charge in [0.25, 0.3) is 5.91 Å². The molecule has 0 bridgehead atoms. The molecular weight excluding hydrogens is 414 g/mol. The molecule has 33 heavy (non-hydrogen) atoms. The third kappa shape index (κ3) is 4.51. The maximum Gasteiger partial charge on any atom is 0.255 e. The van der Waals surface area contributed by atoms with Crippen molar-refractivity contribution in [3.63, 3.8) is 0 Å². The molecule has 1 fully saturated rings. The number of nitrogens with zero attached hydrogens (tertiary/aromatic N) is 1. The lowest BCUT2D eigenvalue weighted by atomic mass is 10.1. The number of anilines is 3. The van der Waals surface area contributed by atoms with E-state index in [0.717, 1.165) is 24.2 Å². The number of benzene rings is 3. The Bertz CT molecular complexity index is 1210. The topological polar surface area (TPSA) is 78.5 Å². The van der Waals surface area contributed by atoms with Crippen LogP contribution >= 0.6 is 0 Å². The van der Waals surface area contributed by atoms with Crippen LogP contribution in [-0.2, 0) is 22.4 Å². The van der Waals surface area contributed by atoms with Crippen LogP contribution in [0.5, 0.6) is 0 Å². The van der Waals surface area contributed by atoms with Crippen molar-refractivity contribution in [3.8, 4) is 0 Å². The van der Waals surface area contributed by atoms with Gasteiger partial charge in [-0.25, -0.2) is 0 Å². The summed E-state index contributed by atoms with van der Waals surface area (Å²) in [5, 5.41) is 5.82. The number of hydrogen-bond acceptors (Lipinski definition) is 3. The largest absolute Gasteiger partial charge is 0.326 e. The minimum Gasteiger partial charge on any atom is -0.326 e. The van der Waals surface area contributed by atoms with Crippen molar-refractivity contribution in [3.05, 3.63) is 89.5 Å². The van der Waals surface area contributed by atoms with E-state index in [1.54, 1.807) is 29.2 Å². The van der Waals surface area contributed by atoms with Crippen molar-refractivity contribution in [1.82, 2.24) is 0 Å². The van der Waals surface area contributed by atoms with Gasteiger partial charge in [-0.2, -0.15) is 0 Å². The molecule has 1 aliphatic heterocycles. The van der Waals surface area contributed by atoms with Crippen LogP contribution in [-0.4, -0.2) is 24.3 Å². The van der Waals surface area contributed by atoms with Crippen LogP contribution < -0.4 is 15.5 Å². The van der Waals surface area contributed by atoms with Crippen LogP contribution in [0.4, 0.5) is 17.1 Å². The van der Waals surface area contributed by atoms with E-state index in [-0.39, 0.29) is 24.1 Å². The lowest BCUT2D eigenvalue weighted by Gasteiger charge is -2.16. The van der Waals surface area contributed by atoms with Gasteiger partial charge in [0.15, 0.2) is 0 Å². The SMILES string of the molecule is O=C(Nc1ccc2c(c1)CCC2)c1ccc(NC(=O)C2CC(=O)N(c3ccccc3)C2)cc1. The van der Waals surface area contributed by atoms with E-state index in [2.05, 4.69) is 22.8 Å². The first-order valence-corrected chi connectivity index (χ1v) is 11.3. The van der Waals surface area contributed by atoms with Crippen molar-refractivity contribution in [1.29, 1.82) is 0 Å². The van der Waals surface area contributed by atoms with Crippen LogP contribution in [0.15, 0.2) is 72.8 Å². The zero-order valence-corrected chi connectivity index (χ0v) is 18.2. The van der Waals surface area contributed by atoms with E-state index in [9.17, 15) is 14.4 Å². The Hall–Kier alpha value is -3.93. The van der Waals surface area contributed by atoms with Gasteiger partial charge in [0.1, 0.15) is 0 Å². The molecule has 6 heteroatoms. The third-order valence-corrected chi connectivity index (χ3v) is 6.33. The summed E-state index contributed by atoms with van der Waals surface area (Å²) in [5.41, 5.74) is 5.38. The minimum atomic E-state index is -0.416. The summed E-state index contributed by atoms with van der Waals surface area (Å²) in [5.74, 6) is -0.858. The van der Waals surface area contributed by atoms with Crippen LogP contribution in [0.25, 0.3) is 0 Å². The maximum absolute atomic E-state index is 12.7. The molecule has 3 aromatic carbocycles. The zero-order valence-electron chi connectivity index (χ0n) is 18.2. The molecule has 1 saturated heterocycles. The number of carbonyl (C=O) groups is 3. The summed E-state index contributed by atoms with van der Waals surface area (Å²) in [6.07, 6.45) is 3.51. The molecule has 1 unspecified atom stereocenters. The van der Waals surface area contributed by atoms with Gasteiger partial charge in [0, 0.05) is 35.6 Å². The first kappa shape index (κ1) is 20.9. The number of para-hydroxylation sites is 1.